The number of esters is 1. The molecule has 1 saturated carbocycles. The zero-order chi connectivity index (χ0) is 14.6. The molecule has 2 atom stereocenters. The molecule has 1 N–H and O–H groups in total. The number of nitrogens with one attached hydrogen (secondary N) is 1. The van der Waals surface area contributed by atoms with Gasteiger partial charge in [-0.25, -0.2) is 0 Å². The van der Waals surface area contributed by atoms with Crippen molar-refractivity contribution in [2.24, 2.45) is 5.92 Å². The molecule has 1 heterocycles. The molecule has 0 aromatic rings. The minimum atomic E-state index is -0.584. The largest absolute Gasteiger partial charge is 0.465 e. The molecule has 2 fully saturated rings. The summed E-state index contributed by atoms with van der Waals surface area (Å²) in [5, 5.41) is 3.48. The second kappa shape index (κ2) is 6.87. The standard InChI is InChI=1S/C15H28N2O3/c1-4-20-14(18)15(2,16-13-5-6-13)11-17-8-7-12(9-17)10-19-3/h12-13,16H,4-11H2,1-3H3. The molecule has 0 bridgehead atoms. The Morgan fingerprint density at radius 3 is 2.75 bits per heavy atom. The van der Waals surface area contributed by atoms with Crippen LogP contribution in [0.5, 0.6) is 0 Å². The van der Waals surface area contributed by atoms with E-state index < -0.39 is 5.54 Å². The summed E-state index contributed by atoms with van der Waals surface area (Å²) in [5.74, 6) is 0.467. The quantitative estimate of drug-likeness (QED) is 0.675. The molecule has 5 heteroatoms. The van der Waals surface area contributed by atoms with E-state index in [0.29, 0.717) is 18.6 Å². The summed E-state index contributed by atoms with van der Waals surface area (Å²) < 4.78 is 10.5. The number of carbonyl (C=O) groups excluding carboxylic acids is 1. The minimum absolute atomic E-state index is 0.123. The molecule has 1 saturated heterocycles. The number of rotatable bonds is 8. The van der Waals surface area contributed by atoms with Crippen LogP contribution in [0.2, 0.25) is 0 Å². The minimum Gasteiger partial charge on any atom is -0.465 e. The van der Waals surface area contributed by atoms with Crippen LogP contribution in [0, 0.1) is 5.92 Å². The van der Waals surface area contributed by atoms with Gasteiger partial charge in [-0.1, -0.05) is 0 Å². The van der Waals surface area contributed by atoms with Crippen molar-refractivity contribution in [2.45, 2.75) is 44.7 Å². The maximum Gasteiger partial charge on any atom is 0.327 e. The second-order valence-electron chi connectivity index (χ2n) is 6.32. The van der Waals surface area contributed by atoms with Crippen LogP contribution < -0.4 is 5.32 Å². The van der Waals surface area contributed by atoms with Crippen molar-refractivity contribution in [3.63, 3.8) is 0 Å². The highest BCUT2D eigenvalue weighted by Crippen LogP contribution is 2.25. The fraction of sp³-hybridized carbons (Fsp3) is 0.933. The maximum absolute atomic E-state index is 12.3. The van der Waals surface area contributed by atoms with E-state index in [1.807, 2.05) is 13.8 Å². The molecule has 0 radical (unpaired) electrons. The van der Waals surface area contributed by atoms with Gasteiger partial charge in [-0.05, 0) is 45.6 Å². The number of ether oxygens (including phenoxy) is 2. The van der Waals surface area contributed by atoms with E-state index in [0.717, 1.165) is 32.7 Å². The lowest BCUT2D eigenvalue weighted by molar-refractivity contribution is -0.151. The van der Waals surface area contributed by atoms with Crippen LogP contribution in [-0.2, 0) is 14.3 Å². The Morgan fingerprint density at radius 1 is 1.40 bits per heavy atom. The fourth-order valence-electron chi connectivity index (χ4n) is 3.01. The van der Waals surface area contributed by atoms with Gasteiger partial charge in [0, 0.05) is 26.2 Å². The molecule has 0 aromatic heterocycles. The van der Waals surface area contributed by atoms with E-state index in [-0.39, 0.29) is 5.97 Å². The summed E-state index contributed by atoms with van der Waals surface area (Å²) in [6.45, 7) is 7.86. The van der Waals surface area contributed by atoms with E-state index >= 15 is 0 Å². The van der Waals surface area contributed by atoms with Gasteiger partial charge < -0.3 is 14.4 Å². The molecule has 116 valence electrons. The van der Waals surface area contributed by atoms with Crippen LogP contribution in [0.1, 0.15) is 33.1 Å². The molecule has 2 unspecified atom stereocenters. The van der Waals surface area contributed by atoms with E-state index in [9.17, 15) is 4.79 Å². The average Bonchev–Trinajstić information content (AvgIpc) is 3.09. The Labute approximate surface area is 122 Å². The molecular weight excluding hydrogens is 256 g/mol. The summed E-state index contributed by atoms with van der Waals surface area (Å²) in [7, 11) is 1.75. The predicted octanol–water partition coefficient (Wildman–Crippen LogP) is 1.03. The van der Waals surface area contributed by atoms with Crippen molar-refractivity contribution in [3.8, 4) is 0 Å². The topological polar surface area (TPSA) is 50.8 Å². The summed E-state index contributed by atoms with van der Waals surface area (Å²) in [5.41, 5.74) is -0.584. The molecule has 2 aliphatic rings. The van der Waals surface area contributed by atoms with E-state index in [1.165, 1.54) is 12.8 Å². The molecule has 20 heavy (non-hydrogen) atoms. The van der Waals surface area contributed by atoms with Gasteiger partial charge in [-0.2, -0.15) is 0 Å². The smallest absolute Gasteiger partial charge is 0.327 e. The first-order chi connectivity index (χ1) is 9.57. The predicted molar refractivity (Wildman–Crippen MR) is 77.6 cm³/mol. The van der Waals surface area contributed by atoms with Crippen molar-refractivity contribution in [1.82, 2.24) is 10.2 Å². The molecule has 2 rings (SSSR count). The van der Waals surface area contributed by atoms with E-state index in [1.54, 1.807) is 7.11 Å². The van der Waals surface area contributed by atoms with Gasteiger partial charge >= 0.3 is 5.97 Å². The van der Waals surface area contributed by atoms with Crippen LogP contribution >= 0.6 is 0 Å². The third-order valence-electron chi connectivity index (χ3n) is 4.14. The average molecular weight is 284 g/mol. The Morgan fingerprint density at radius 2 is 2.15 bits per heavy atom. The van der Waals surface area contributed by atoms with Crippen LogP contribution in [0.3, 0.4) is 0 Å². The van der Waals surface area contributed by atoms with Crippen LogP contribution in [-0.4, -0.2) is 62.4 Å². The summed E-state index contributed by atoms with van der Waals surface area (Å²) >= 11 is 0. The van der Waals surface area contributed by atoms with Gasteiger partial charge in [0.15, 0.2) is 0 Å². The lowest BCUT2D eigenvalue weighted by Crippen LogP contribution is -2.58. The molecule has 0 amide bonds. The summed E-state index contributed by atoms with van der Waals surface area (Å²) in [4.78, 5) is 14.6. The van der Waals surface area contributed by atoms with Crippen LogP contribution in [0.15, 0.2) is 0 Å². The van der Waals surface area contributed by atoms with Gasteiger partial charge in [-0.3, -0.25) is 10.1 Å². The number of methoxy groups -OCH3 is 1. The van der Waals surface area contributed by atoms with Gasteiger partial charge in [0.05, 0.1) is 13.2 Å². The van der Waals surface area contributed by atoms with E-state index in [4.69, 9.17) is 9.47 Å². The van der Waals surface area contributed by atoms with Gasteiger partial charge in [-0.15, -0.1) is 0 Å². The Balaban J connectivity index is 1.91. The van der Waals surface area contributed by atoms with Crippen LogP contribution in [0.25, 0.3) is 0 Å². The molecule has 1 aliphatic heterocycles. The molecular formula is C15H28N2O3. The van der Waals surface area contributed by atoms with Crippen LogP contribution in [0.4, 0.5) is 0 Å². The Bertz CT molecular complexity index is 333. The highest BCUT2D eigenvalue weighted by atomic mass is 16.5. The Hall–Kier alpha value is -0.650. The van der Waals surface area contributed by atoms with Gasteiger partial charge in [0.25, 0.3) is 0 Å². The molecule has 0 aromatic carbocycles. The van der Waals surface area contributed by atoms with Crippen molar-refractivity contribution in [1.29, 1.82) is 0 Å². The van der Waals surface area contributed by atoms with Crippen molar-refractivity contribution >= 4 is 5.97 Å². The normalized spacial score (nSPS) is 26.4. The Kier molecular flexibility index (Phi) is 5.41. The monoisotopic (exact) mass is 284 g/mol. The lowest BCUT2D eigenvalue weighted by Gasteiger charge is -2.33. The van der Waals surface area contributed by atoms with E-state index in [2.05, 4.69) is 10.2 Å². The fourth-order valence-corrected chi connectivity index (χ4v) is 3.01. The number of carbonyl (C=O) groups is 1. The highest BCUT2D eigenvalue weighted by molar-refractivity contribution is 5.80. The summed E-state index contributed by atoms with van der Waals surface area (Å²) in [6.07, 6.45) is 3.48. The zero-order valence-electron chi connectivity index (χ0n) is 13.0. The number of nitrogens with zero attached hydrogens (tertiary/aromatic N) is 1. The first-order valence-corrected chi connectivity index (χ1v) is 7.73. The molecule has 5 nitrogen and oxygen atoms in total. The number of likely N-dealkylation sites (tertiary alicyclic amines) is 1. The van der Waals surface area contributed by atoms with Gasteiger partial charge in [0.1, 0.15) is 5.54 Å². The summed E-state index contributed by atoms with van der Waals surface area (Å²) in [6, 6.07) is 0.488. The molecule has 0 spiro atoms. The molecule has 1 aliphatic carbocycles. The number of hydrogen-bond acceptors (Lipinski definition) is 5. The second-order valence-corrected chi connectivity index (χ2v) is 6.32. The van der Waals surface area contributed by atoms with Gasteiger partial charge in [0.2, 0.25) is 0 Å². The lowest BCUT2D eigenvalue weighted by atomic mass is 10.0. The zero-order valence-corrected chi connectivity index (χ0v) is 13.0. The van der Waals surface area contributed by atoms with Crippen molar-refractivity contribution in [3.05, 3.63) is 0 Å². The maximum atomic E-state index is 12.3. The third kappa shape index (κ3) is 4.17. The number of hydrogen-bond donors (Lipinski definition) is 1. The highest BCUT2D eigenvalue weighted by Gasteiger charge is 2.42. The van der Waals surface area contributed by atoms with Crippen molar-refractivity contribution in [2.75, 3.05) is 40.0 Å². The third-order valence-corrected chi connectivity index (χ3v) is 4.14. The first-order valence-electron chi connectivity index (χ1n) is 7.73. The SMILES string of the molecule is CCOC(=O)C(C)(CN1CCC(COC)C1)NC1CC1. The van der Waals surface area contributed by atoms with Crippen molar-refractivity contribution < 1.29 is 14.3 Å². The first kappa shape index (κ1) is 15.7.